The summed E-state index contributed by atoms with van der Waals surface area (Å²) in [6.45, 7) is 4.76. The van der Waals surface area contributed by atoms with Crippen molar-refractivity contribution in [1.29, 1.82) is 0 Å². The molecule has 0 aromatic heterocycles. The average Bonchev–Trinajstić information content (AvgIpc) is 2.38. The molecule has 1 amide bonds. The van der Waals surface area contributed by atoms with Gasteiger partial charge in [-0.2, -0.15) is 0 Å². The van der Waals surface area contributed by atoms with E-state index in [2.05, 4.69) is 5.32 Å². The number of halogens is 2. The summed E-state index contributed by atoms with van der Waals surface area (Å²) in [6, 6.07) is 5.12. The number of carbonyl (C=O) groups excluding carboxylic acids is 1. The van der Waals surface area contributed by atoms with Crippen LogP contribution in [0.3, 0.4) is 0 Å². The van der Waals surface area contributed by atoms with Gasteiger partial charge in [-0.15, -0.1) is 0 Å². The Morgan fingerprint density at radius 1 is 1.35 bits per heavy atom. The minimum absolute atomic E-state index is 0.0592. The van der Waals surface area contributed by atoms with Crippen LogP contribution >= 0.6 is 23.2 Å². The summed E-state index contributed by atoms with van der Waals surface area (Å²) in [5, 5.41) is 13.1. The summed E-state index contributed by atoms with van der Waals surface area (Å²) in [4.78, 5) is 11.8. The smallest absolute Gasteiger partial charge is 0.224 e. The first-order chi connectivity index (χ1) is 9.34. The van der Waals surface area contributed by atoms with Gasteiger partial charge in [0.1, 0.15) is 0 Å². The summed E-state index contributed by atoms with van der Waals surface area (Å²) in [7, 11) is 0. The number of rotatable bonds is 7. The van der Waals surface area contributed by atoms with Crippen LogP contribution in [0.5, 0.6) is 0 Å². The Morgan fingerprint density at radius 3 is 2.65 bits per heavy atom. The van der Waals surface area contributed by atoms with Gasteiger partial charge in [-0.25, -0.2) is 0 Å². The predicted octanol–water partition coefficient (Wildman–Crippen LogP) is 3.45. The standard InChI is InChI=1S/C15H21Cl2NO2/c1-15(2,10-19)6-3-7-18-14(20)8-11-4-5-12(16)9-13(11)17/h4-5,9,19H,3,6-8,10H2,1-2H3,(H,18,20). The first-order valence-corrected chi connectivity index (χ1v) is 7.41. The van der Waals surface area contributed by atoms with Crippen molar-refractivity contribution in [2.24, 2.45) is 5.41 Å². The Hall–Kier alpha value is -0.770. The van der Waals surface area contributed by atoms with E-state index < -0.39 is 0 Å². The molecule has 1 aromatic carbocycles. The van der Waals surface area contributed by atoms with E-state index in [1.807, 2.05) is 13.8 Å². The van der Waals surface area contributed by atoms with Crippen LogP contribution < -0.4 is 5.32 Å². The lowest BCUT2D eigenvalue weighted by atomic mass is 9.89. The molecule has 3 nitrogen and oxygen atoms in total. The lowest BCUT2D eigenvalue weighted by Crippen LogP contribution is -2.27. The molecule has 1 aromatic rings. The van der Waals surface area contributed by atoms with Gasteiger partial charge >= 0.3 is 0 Å². The molecule has 0 bridgehead atoms. The molecule has 0 aliphatic carbocycles. The van der Waals surface area contributed by atoms with Crippen LogP contribution in [0.2, 0.25) is 10.0 Å². The second kappa shape index (κ2) is 7.87. The van der Waals surface area contributed by atoms with Gasteiger partial charge in [0.25, 0.3) is 0 Å². The van der Waals surface area contributed by atoms with E-state index >= 15 is 0 Å². The molecule has 112 valence electrons. The highest BCUT2D eigenvalue weighted by molar-refractivity contribution is 6.35. The van der Waals surface area contributed by atoms with Gasteiger partial charge in [0.05, 0.1) is 6.42 Å². The molecule has 2 N–H and O–H groups in total. The molecule has 0 unspecified atom stereocenters. The van der Waals surface area contributed by atoms with Gasteiger partial charge in [-0.3, -0.25) is 4.79 Å². The van der Waals surface area contributed by atoms with E-state index in [0.29, 0.717) is 16.6 Å². The van der Waals surface area contributed by atoms with Gasteiger partial charge in [-0.05, 0) is 36.0 Å². The zero-order valence-electron chi connectivity index (χ0n) is 11.9. The number of hydrogen-bond acceptors (Lipinski definition) is 2. The fourth-order valence-corrected chi connectivity index (χ4v) is 2.25. The topological polar surface area (TPSA) is 49.3 Å². The van der Waals surface area contributed by atoms with E-state index in [4.69, 9.17) is 28.3 Å². The van der Waals surface area contributed by atoms with Crippen molar-refractivity contribution in [2.45, 2.75) is 33.1 Å². The second-order valence-corrected chi connectivity index (χ2v) is 6.53. The summed E-state index contributed by atoms with van der Waals surface area (Å²) in [5.41, 5.74) is 0.675. The Bertz CT molecular complexity index is 461. The van der Waals surface area contributed by atoms with E-state index in [1.165, 1.54) is 0 Å². The molecule has 0 spiro atoms. The Balaban J connectivity index is 2.34. The maximum atomic E-state index is 11.8. The molecule has 1 rings (SSSR count). The van der Waals surface area contributed by atoms with E-state index in [0.717, 1.165) is 18.4 Å². The van der Waals surface area contributed by atoms with Gasteiger partial charge in [0.2, 0.25) is 5.91 Å². The van der Waals surface area contributed by atoms with Crippen LogP contribution in [0.25, 0.3) is 0 Å². The second-order valence-electron chi connectivity index (χ2n) is 5.69. The van der Waals surface area contributed by atoms with Gasteiger partial charge < -0.3 is 10.4 Å². The van der Waals surface area contributed by atoms with Crippen molar-refractivity contribution >= 4 is 29.1 Å². The molecule has 0 aliphatic heterocycles. The number of benzene rings is 1. The van der Waals surface area contributed by atoms with E-state index in [-0.39, 0.29) is 24.3 Å². The van der Waals surface area contributed by atoms with Crippen LogP contribution in [0.1, 0.15) is 32.3 Å². The summed E-state index contributed by atoms with van der Waals surface area (Å²) >= 11 is 11.8. The highest BCUT2D eigenvalue weighted by Crippen LogP contribution is 2.22. The van der Waals surface area contributed by atoms with Crippen molar-refractivity contribution < 1.29 is 9.90 Å². The fourth-order valence-electron chi connectivity index (χ4n) is 1.77. The number of aliphatic hydroxyl groups excluding tert-OH is 1. The molecular weight excluding hydrogens is 297 g/mol. The maximum Gasteiger partial charge on any atom is 0.224 e. The van der Waals surface area contributed by atoms with Crippen LogP contribution in [0, 0.1) is 5.41 Å². The number of carbonyl (C=O) groups is 1. The van der Waals surface area contributed by atoms with Crippen molar-refractivity contribution in [2.75, 3.05) is 13.2 Å². The lowest BCUT2D eigenvalue weighted by Gasteiger charge is -2.21. The molecular formula is C15H21Cl2NO2. The molecule has 0 saturated heterocycles. The van der Waals surface area contributed by atoms with Gasteiger partial charge in [-0.1, -0.05) is 43.1 Å². The average molecular weight is 318 g/mol. The maximum absolute atomic E-state index is 11.8. The monoisotopic (exact) mass is 317 g/mol. The molecule has 5 heteroatoms. The van der Waals surface area contributed by atoms with Crippen molar-refractivity contribution in [3.05, 3.63) is 33.8 Å². The minimum atomic E-state index is -0.0930. The number of amides is 1. The Labute approximate surface area is 130 Å². The SMILES string of the molecule is CC(C)(CO)CCCNC(=O)Cc1ccc(Cl)cc1Cl. The summed E-state index contributed by atoms with van der Waals surface area (Å²) in [6.07, 6.45) is 1.96. The molecule has 0 fully saturated rings. The molecule has 0 heterocycles. The van der Waals surface area contributed by atoms with Crippen molar-refractivity contribution in [3.8, 4) is 0 Å². The third kappa shape index (κ3) is 6.12. The third-order valence-electron chi connectivity index (χ3n) is 3.15. The largest absolute Gasteiger partial charge is 0.396 e. The van der Waals surface area contributed by atoms with Gasteiger partial charge in [0.15, 0.2) is 0 Å². The van der Waals surface area contributed by atoms with Crippen LogP contribution in [0.4, 0.5) is 0 Å². The van der Waals surface area contributed by atoms with E-state index in [9.17, 15) is 4.79 Å². The fraction of sp³-hybridized carbons (Fsp3) is 0.533. The van der Waals surface area contributed by atoms with Crippen LogP contribution in [-0.2, 0) is 11.2 Å². The summed E-state index contributed by atoms with van der Waals surface area (Å²) in [5.74, 6) is -0.0592. The zero-order chi connectivity index (χ0) is 15.2. The van der Waals surface area contributed by atoms with Crippen molar-refractivity contribution in [3.63, 3.8) is 0 Å². The summed E-state index contributed by atoms with van der Waals surface area (Å²) < 4.78 is 0. The molecule has 0 saturated carbocycles. The first-order valence-electron chi connectivity index (χ1n) is 6.65. The molecule has 0 aliphatic rings. The zero-order valence-corrected chi connectivity index (χ0v) is 13.4. The van der Waals surface area contributed by atoms with Crippen LogP contribution in [0.15, 0.2) is 18.2 Å². The van der Waals surface area contributed by atoms with Gasteiger partial charge in [0, 0.05) is 23.2 Å². The Morgan fingerprint density at radius 2 is 2.05 bits per heavy atom. The van der Waals surface area contributed by atoms with Crippen LogP contribution in [-0.4, -0.2) is 24.2 Å². The van der Waals surface area contributed by atoms with Crippen molar-refractivity contribution in [1.82, 2.24) is 5.32 Å². The Kier molecular flexibility index (Phi) is 6.80. The van der Waals surface area contributed by atoms with E-state index in [1.54, 1.807) is 18.2 Å². The number of hydrogen-bond donors (Lipinski definition) is 2. The minimum Gasteiger partial charge on any atom is -0.396 e. The number of aliphatic hydroxyl groups is 1. The quantitative estimate of drug-likeness (QED) is 0.757. The normalized spacial score (nSPS) is 11.4. The molecule has 0 radical (unpaired) electrons. The molecule has 20 heavy (non-hydrogen) atoms. The predicted molar refractivity (Wildman–Crippen MR) is 83.3 cm³/mol. The third-order valence-corrected chi connectivity index (χ3v) is 3.73. The number of nitrogens with one attached hydrogen (secondary N) is 1. The highest BCUT2D eigenvalue weighted by Gasteiger charge is 2.15. The highest BCUT2D eigenvalue weighted by atomic mass is 35.5. The first kappa shape index (κ1) is 17.3. The lowest BCUT2D eigenvalue weighted by molar-refractivity contribution is -0.120. The molecule has 0 atom stereocenters.